The van der Waals surface area contributed by atoms with Crippen LogP contribution >= 0.6 is 0 Å². The van der Waals surface area contributed by atoms with E-state index in [4.69, 9.17) is 14.5 Å². The van der Waals surface area contributed by atoms with Gasteiger partial charge in [0.2, 0.25) is 5.88 Å². The Morgan fingerprint density at radius 3 is 2.74 bits per heavy atom. The summed E-state index contributed by atoms with van der Waals surface area (Å²) in [5, 5.41) is 10.2. The molecule has 6 rings (SSSR count). The topological polar surface area (TPSA) is 80.3 Å². The van der Waals surface area contributed by atoms with Gasteiger partial charge in [0.15, 0.2) is 0 Å². The molecule has 8 heteroatoms. The lowest BCUT2D eigenvalue weighted by Crippen LogP contribution is -2.46. The molecule has 7 nitrogen and oxygen atoms in total. The van der Waals surface area contributed by atoms with Gasteiger partial charge in [-0.05, 0) is 79.3 Å². The van der Waals surface area contributed by atoms with E-state index in [9.17, 15) is 9.18 Å². The smallest absolute Gasteiger partial charge is 0.320 e. The van der Waals surface area contributed by atoms with E-state index < -0.39 is 0 Å². The van der Waals surface area contributed by atoms with Gasteiger partial charge in [0.1, 0.15) is 11.9 Å². The van der Waals surface area contributed by atoms with E-state index >= 15 is 0 Å². The van der Waals surface area contributed by atoms with E-state index in [-0.39, 0.29) is 29.2 Å². The third-order valence-corrected chi connectivity index (χ3v) is 8.01. The first-order valence-electron chi connectivity index (χ1n) is 13.5. The predicted molar refractivity (Wildman–Crippen MR) is 145 cm³/mol. The zero-order chi connectivity index (χ0) is 26.4. The molecule has 1 aliphatic heterocycles. The molecule has 1 saturated heterocycles. The first-order chi connectivity index (χ1) is 18.3. The van der Waals surface area contributed by atoms with Crippen LogP contribution in [0.3, 0.4) is 0 Å². The number of rotatable bonds is 7. The molecular weight excluding hydrogens is 483 g/mol. The van der Waals surface area contributed by atoms with Gasteiger partial charge in [-0.3, -0.25) is 14.8 Å². The predicted octanol–water partition coefficient (Wildman–Crippen LogP) is 5.84. The molecule has 3 heterocycles. The van der Waals surface area contributed by atoms with Gasteiger partial charge >= 0.3 is 5.97 Å². The average Bonchev–Trinajstić information content (AvgIpc) is 3.50. The molecular formula is C30H33FN4O3. The molecule has 0 radical (unpaired) electrons. The van der Waals surface area contributed by atoms with Crippen LogP contribution in [0.2, 0.25) is 0 Å². The number of nitrogens with zero attached hydrogens (tertiary/aromatic N) is 3. The summed E-state index contributed by atoms with van der Waals surface area (Å²) in [4.78, 5) is 19.2. The second kappa shape index (κ2) is 9.66. The Morgan fingerprint density at radius 2 is 2.00 bits per heavy atom. The zero-order valence-corrected chi connectivity index (χ0v) is 22.1. The summed E-state index contributed by atoms with van der Waals surface area (Å²) < 4.78 is 25.5. The third kappa shape index (κ3) is 4.51. The zero-order valence-electron chi connectivity index (χ0n) is 22.1. The molecule has 198 valence electrons. The van der Waals surface area contributed by atoms with Crippen LogP contribution in [-0.4, -0.2) is 58.4 Å². The molecule has 2 fully saturated rings. The van der Waals surface area contributed by atoms with Crippen molar-refractivity contribution in [2.24, 2.45) is 5.41 Å². The van der Waals surface area contributed by atoms with Crippen LogP contribution in [0, 0.1) is 11.2 Å². The number of benzene rings is 2. The molecule has 1 N–H and O–H groups in total. The SMILES string of the molecule is CCOC(=O)CN1CCC2(CC(Oc3nc(C(C)C)c(-c4ccc(F)cc4)c4cc5cn[nH]c5cc34)C2)C1. The van der Waals surface area contributed by atoms with Crippen LogP contribution in [0.5, 0.6) is 5.88 Å². The number of hydrogen-bond donors (Lipinski definition) is 1. The highest BCUT2D eigenvalue weighted by Gasteiger charge is 2.50. The fourth-order valence-electron chi connectivity index (χ4n) is 6.20. The standard InChI is InChI=1S/C30H33FN4O3/c1-4-37-26(36)16-35-10-9-30(17-35)13-22(14-30)38-29-24-12-25-20(15-32-34-25)11-23(24)27(28(33-29)18(2)3)19-5-7-21(31)8-6-19/h5-8,11-12,15,18,22H,4,9-10,13-14,16-17H2,1-3H3,(H,32,34). The van der Waals surface area contributed by atoms with Crippen LogP contribution in [0.15, 0.2) is 42.6 Å². The maximum Gasteiger partial charge on any atom is 0.320 e. The Labute approximate surface area is 221 Å². The maximum absolute atomic E-state index is 13.8. The fourth-order valence-corrected chi connectivity index (χ4v) is 6.20. The third-order valence-electron chi connectivity index (χ3n) is 8.01. The monoisotopic (exact) mass is 516 g/mol. The number of carbonyl (C=O) groups is 1. The lowest BCUT2D eigenvalue weighted by molar-refractivity contribution is -0.144. The van der Waals surface area contributed by atoms with Crippen molar-refractivity contribution < 1.29 is 18.7 Å². The first kappa shape index (κ1) is 24.8. The largest absolute Gasteiger partial charge is 0.474 e. The summed E-state index contributed by atoms with van der Waals surface area (Å²) in [7, 11) is 0. The second-order valence-electron chi connectivity index (χ2n) is 11.1. The van der Waals surface area contributed by atoms with Crippen molar-refractivity contribution in [1.29, 1.82) is 0 Å². The number of nitrogens with one attached hydrogen (secondary N) is 1. The Balaban J connectivity index is 1.32. The summed E-state index contributed by atoms with van der Waals surface area (Å²) in [5.41, 5.74) is 3.97. The normalized spacial score (nSPS) is 21.4. The van der Waals surface area contributed by atoms with Gasteiger partial charge in [0.05, 0.1) is 30.6 Å². The minimum atomic E-state index is -0.263. The number of hydrogen-bond acceptors (Lipinski definition) is 6. The molecule has 38 heavy (non-hydrogen) atoms. The quantitative estimate of drug-likeness (QED) is 0.311. The summed E-state index contributed by atoms with van der Waals surface area (Å²) in [6.45, 7) is 8.66. The molecule has 2 aromatic heterocycles. The van der Waals surface area contributed by atoms with Crippen molar-refractivity contribution in [3.63, 3.8) is 0 Å². The highest BCUT2D eigenvalue weighted by atomic mass is 19.1. The van der Waals surface area contributed by atoms with Crippen LogP contribution in [0.1, 0.15) is 51.6 Å². The van der Waals surface area contributed by atoms with Gasteiger partial charge in [0.25, 0.3) is 0 Å². The van der Waals surface area contributed by atoms with E-state index in [2.05, 4.69) is 41.1 Å². The summed E-state index contributed by atoms with van der Waals surface area (Å²) in [6.07, 6.45) is 4.84. The summed E-state index contributed by atoms with van der Waals surface area (Å²) >= 11 is 0. The van der Waals surface area contributed by atoms with Gasteiger partial charge in [-0.1, -0.05) is 26.0 Å². The number of ether oxygens (including phenoxy) is 2. The molecule has 2 aromatic carbocycles. The minimum Gasteiger partial charge on any atom is -0.474 e. The van der Waals surface area contributed by atoms with Gasteiger partial charge in [0, 0.05) is 22.9 Å². The molecule has 0 amide bonds. The Kier molecular flexibility index (Phi) is 6.30. The molecule has 4 aromatic rings. The Bertz CT molecular complexity index is 1490. The van der Waals surface area contributed by atoms with E-state index in [0.29, 0.717) is 19.0 Å². The van der Waals surface area contributed by atoms with Crippen molar-refractivity contribution in [3.05, 3.63) is 54.1 Å². The molecule has 1 aliphatic carbocycles. The lowest BCUT2D eigenvalue weighted by atomic mass is 9.66. The molecule has 1 spiro atoms. The first-order valence-corrected chi connectivity index (χ1v) is 13.5. The van der Waals surface area contributed by atoms with Crippen LogP contribution in [-0.2, 0) is 9.53 Å². The number of aromatic nitrogens is 3. The van der Waals surface area contributed by atoms with E-state index in [0.717, 1.165) is 70.8 Å². The highest BCUT2D eigenvalue weighted by Crippen LogP contribution is 2.50. The van der Waals surface area contributed by atoms with Gasteiger partial charge in [-0.2, -0.15) is 5.10 Å². The molecule has 0 atom stereocenters. The van der Waals surface area contributed by atoms with Gasteiger partial charge < -0.3 is 9.47 Å². The number of likely N-dealkylation sites (tertiary alicyclic amines) is 1. The van der Waals surface area contributed by atoms with Gasteiger partial charge in [-0.25, -0.2) is 9.37 Å². The number of pyridine rings is 1. The molecule has 2 aliphatic rings. The minimum absolute atomic E-state index is 0.0717. The Hall–Kier alpha value is -3.52. The fraction of sp³-hybridized carbons (Fsp3) is 0.433. The number of halogens is 1. The number of H-pyrrole nitrogens is 1. The van der Waals surface area contributed by atoms with Crippen molar-refractivity contribution in [2.75, 3.05) is 26.2 Å². The van der Waals surface area contributed by atoms with Crippen LogP contribution in [0.25, 0.3) is 32.8 Å². The maximum atomic E-state index is 13.8. The average molecular weight is 517 g/mol. The Morgan fingerprint density at radius 1 is 1.21 bits per heavy atom. The van der Waals surface area contributed by atoms with Crippen molar-refractivity contribution in [1.82, 2.24) is 20.1 Å². The van der Waals surface area contributed by atoms with Crippen LogP contribution < -0.4 is 4.74 Å². The number of carbonyl (C=O) groups excluding carboxylic acids is 1. The van der Waals surface area contributed by atoms with Gasteiger partial charge in [-0.15, -0.1) is 0 Å². The molecule has 1 saturated carbocycles. The van der Waals surface area contributed by atoms with Crippen molar-refractivity contribution in [3.8, 4) is 17.0 Å². The highest BCUT2D eigenvalue weighted by molar-refractivity contribution is 6.06. The van der Waals surface area contributed by atoms with E-state index in [1.54, 1.807) is 0 Å². The molecule has 0 bridgehead atoms. The summed E-state index contributed by atoms with van der Waals surface area (Å²) in [6, 6.07) is 10.8. The molecule has 0 unspecified atom stereocenters. The number of esters is 1. The summed E-state index contributed by atoms with van der Waals surface area (Å²) in [5.74, 6) is 0.356. The number of aromatic amines is 1. The van der Waals surface area contributed by atoms with Crippen molar-refractivity contribution in [2.45, 2.75) is 52.1 Å². The number of fused-ring (bicyclic) bond motifs is 2. The van der Waals surface area contributed by atoms with Crippen LogP contribution in [0.4, 0.5) is 4.39 Å². The van der Waals surface area contributed by atoms with Crippen molar-refractivity contribution >= 4 is 27.6 Å². The van der Waals surface area contributed by atoms with E-state index in [1.165, 1.54) is 12.1 Å². The second-order valence-corrected chi connectivity index (χ2v) is 11.1. The lowest BCUT2D eigenvalue weighted by Gasteiger charge is -2.44. The van der Waals surface area contributed by atoms with E-state index in [1.807, 2.05) is 25.3 Å².